The minimum atomic E-state index is 0.658. The van der Waals surface area contributed by atoms with Crippen molar-refractivity contribution in [3.8, 4) is 0 Å². The van der Waals surface area contributed by atoms with E-state index in [4.69, 9.17) is 0 Å². The number of fused-ring (bicyclic) bond motifs is 1. The normalized spacial score (nSPS) is 15.3. The summed E-state index contributed by atoms with van der Waals surface area (Å²) < 4.78 is 0. The zero-order valence-corrected chi connectivity index (χ0v) is 6.20. The van der Waals surface area contributed by atoms with Gasteiger partial charge in [0.25, 0.3) is 0 Å². The molecule has 58 valence electrons. The molecular formula is C7H9N3O. The molecule has 2 heterocycles. The zero-order valence-electron chi connectivity index (χ0n) is 6.20. The van der Waals surface area contributed by atoms with Crippen LogP contribution in [0.3, 0.4) is 0 Å². The third-order valence-corrected chi connectivity index (χ3v) is 1.88. The van der Waals surface area contributed by atoms with E-state index in [9.17, 15) is 5.21 Å². The zero-order chi connectivity index (χ0) is 7.84. The number of aromatic nitrogens is 1. The Morgan fingerprint density at radius 3 is 3.27 bits per heavy atom. The molecule has 0 aliphatic carbocycles. The summed E-state index contributed by atoms with van der Waals surface area (Å²) in [5.74, 6) is 0. The number of pyridine rings is 1. The molecule has 11 heavy (non-hydrogen) atoms. The third kappa shape index (κ3) is 0.875. The van der Waals surface area contributed by atoms with Crippen LogP contribution in [0.2, 0.25) is 0 Å². The highest BCUT2D eigenvalue weighted by Gasteiger charge is 2.18. The lowest BCUT2D eigenvalue weighted by atomic mass is 10.2. The van der Waals surface area contributed by atoms with Crippen LogP contribution in [0.4, 0.5) is 5.69 Å². The minimum Gasteiger partial charge on any atom is -0.273 e. The van der Waals surface area contributed by atoms with Crippen molar-refractivity contribution in [1.29, 1.82) is 0 Å². The Morgan fingerprint density at radius 1 is 1.73 bits per heavy atom. The first kappa shape index (κ1) is 6.57. The van der Waals surface area contributed by atoms with E-state index in [0.29, 0.717) is 6.54 Å². The van der Waals surface area contributed by atoms with E-state index in [-0.39, 0.29) is 0 Å². The molecule has 2 rings (SSSR count). The van der Waals surface area contributed by atoms with Gasteiger partial charge in [0.1, 0.15) is 0 Å². The highest BCUT2D eigenvalue weighted by Crippen LogP contribution is 2.24. The average Bonchev–Trinajstić information content (AvgIpc) is 2.35. The fourth-order valence-electron chi connectivity index (χ4n) is 1.24. The topological polar surface area (TPSA) is 48.4 Å². The molecular weight excluding hydrogens is 142 g/mol. The van der Waals surface area contributed by atoms with Gasteiger partial charge < -0.3 is 0 Å². The van der Waals surface area contributed by atoms with Crippen LogP contribution >= 0.6 is 0 Å². The van der Waals surface area contributed by atoms with Gasteiger partial charge in [-0.05, 0) is 13.0 Å². The van der Waals surface area contributed by atoms with Gasteiger partial charge >= 0.3 is 0 Å². The average molecular weight is 151 g/mol. The van der Waals surface area contributed by atoms with Gasteiger partial charge in [0.2, 0.25) is 0 Å². The predicted molar refractivity (Wildman–Crippen MR) is 40.1 cm³/mol. The van der Waals surface area contributed by atoms with Gasteiger partial charge in [0.15, 0.2) is 0 Å². The van der Waals surface area contributed by atoms with Crippen LogP contribution in [0.1, 0.15) is 11.3 Å². The van der Waals surface area contributed by atoms with Crippen LogP contribution < -0.4 is 10.6 Å². The standard InChI is InChI=1S/C7H9N3O/c1-5-6-4-9-10(11)7(6)2-3-8-5/h2-3,9,11H,4H2,1H3. The molecule has 4 heteroatoms. The first-order valence-corrected chi connectivity index (χ1v) is 3.46. The fraction of sp³-hybridized carbons (Fsp3) is 0.286. The maximum absolute atomic E-state index is 9.20. The molecule has 0 amide bonds. The van der Waals surface area contributed by atoms with Crippen LogP contribution in [0.5, 0.6) is 0 Å². The number of hydrogen-bond acceptors (Lipinski definition) is 4. The SMILES string of the molecule is Cc1nccc2c1CNN2O. The molecule has 0 saturated heterocycles. The minimum absolute atomic E-state index is 0.658. The van der Waals surface area contributed by atoms with Gasteiger partial charge in [-0.15, -0.1) is 0 Å². The Balaban J connectivity index is 2.57. The summed E-state index contributed by atoms with van der Waals surface area (Å²) >= 11 is 0. The molecule has 0 spiro atoms. The molecule has 1 aliphatic rings. The van der Waals surface area contributed by atoms with Gasteiger partial charge in [-0.25, -0.2) is 5.43 Å². The maximum Gasteiger partial charge on any atom is 0.0899 e. The number of hydrazine groups is 1. The van der Waals surface area contributed by atoms with Crippen molar-refractivity contribution in [3.05, 3.63) is 23.5 Å². The lowest BCUT2D eigenvalue weighted by Gasteiger charge is -2.08. The molecule has 1 aromatic rings. The van der Waals surface area contributed by atoms with Crippen molar-refractivity contribution >= 4 is 5.69 Å². The van der Waals surface area contributed by atoms with Gasteiger partial charge in [-0.2, -0.15) is 5.17 Å². The Kier molecular flexibility index (Phi) is 1.30. The molecule has 4 nitrogen and oxygen atoms in total. The van der Waals surface area contributed by atoms with Crippen LogP contribution in [0.15, 0.2) is 12.3 Å². The molecule has 0 saturated carbocycles. The van der Waals surface area contributed by atoms with Crippen LogP contribution in [-0.4, -0.2) is 10.2 Å². The lowest BCUT2D eigenvalue weighted by Crippen LogP contribution is -2.27. The number of hydrogen-bond donors (Lipinski definition) is 2. The van der Waals surface area contributed by atoms with E-state index in [2.05, 4.69) is 10.4 Å². The molecule has 0 radical (unpaired) electrons. The van der Waals surface area contributed by atoms with E-state index < -0.39 is 0 Å². The summed E-state index contributed by atoms with van der Waals surface area (Å²) in [6.07, 6.45) is 1.68. The van der Waals surface area contributed by atoms with Crippen LogP contribution in [0, 0.1) is 6.92 Å². The molecule has 1 aliphatic heterocycles. The number of rotatable bonds is 0. The molecule has 0 aromatic carbocycles. The van der Waals surface area contributed by atoms with Crippen LogP contribution in [0.25, 0.3) is 0 Å². The highest BCUT2D eigenvalue weighted by atomic mass is 16.5. The number of aryl methyl sites for hydroxylation is 1. The number of anilines is 1. The largest absolute Gasteiger partial charge is 0.273 e. The Hall–Kier alpha value is -1.13. The third-order valence-electron chi connectivity index (χ3n) is 1.88. The lowest BCUT2D eigenvalue weighted by molar-refractivity contribution is 0.221. The highest BCUT2D eigenvalue weighted by molar-refractivity contribution is 5.54. The fourth-order valence-corrected chi connectivity index (χ4v) is 1.24. The molecule has 0 fully saturated rings. The summed E-state index contributed by atoms with van der Waals surface area (Å²) in [6.45, 7) is 2.59. The quantitative estimate of drug-likeness (QED) is 0.570. The Labute approximate surface area is 64.4 Å². The van der Waals surface area contributed by atoms with Gasteiger partial charge in [-0.3, -0.25) is 10.2 Å². The smallest absolute Gasteiger partial charge is 0.0899 e. The van der Waals surface area contributed by atoms with Crippen LogP contribution in [-0.2, 0) is 6.54 Å². The van der Waals surface area contributed by atoms with Crippen molar-refractivity contribution in [2.45, 2.75) is 13.5 Å². The summed E-state index contributed by atoms with van der Waals surface area (Å²) in [4.78, 5) is 4.11. The van der Waals surface area contributed by atoms with E-state index in [1.54, 1.807) is 12.3 Å². The van der Waals surface area contributed by atoms with Crippen molar-refractivity contribution in [1.82, 2.24) is 10.4 Å². The second-order valence-corrected chi connectivity index (χ2v) is 2.54. The molecule has 1 aromatic heterocycles. The van der Waals surface area contributed by atoms with Crippen molar-refractivity contribution in [3.63, 3.8) is 0 Å². The van der Waals surface area contributed by atoms with Gasteiger partial charge in [-0.1, -0.05) is 0 Å². The Morgan fingerprint density at radius 2 is 2.55 bits per heavy atom. The predicted octanol–water partition coefficient (Wildman–Crippen LogP) is 0.604. The summed E-state index contributed by atoms with van der Waals surface area (Å²) in [6, 6.07) is 1.78. The second-order valence-electron chi connectivity index (χ2n) is 2.54. The van der Waals surface area contributed by atoms with Crippen molar-refractivity contribution in [2.24, 2.45) is 0 Å². The molecule has 0 unspecified atom stereocenters. The second kappa shape index (κ2) is 2.18. The van der Waals surface area contributed by atoms with Gasteiger partial charge in [0, 0.05) is 24.0 Å². The van der Waals surface area contributed by atoms with E-state index >= 15 is 0 Å². The van der Waals surface area contributed by atoms with Crippen molar-refractivity contribution in [2.75, 3.05) is 5.17 Å². The van der Waals surface area contributed by atoms with E-state index in [1.807, 2.05) is 6.92 Å². The number of nitrogens with one attached hydrogen (secondary N) is 1. The monoisotopic (exact) mass is 151 g/mol. The van der Waals surface area contributed by atoms with Gasteiger partial charge in [0.05, 0.1) is 5.69 Å². The van der Waals surface area contributed by atoms with E-state index in [1.165, 1.54) is 0 Å². The van der Waals surface area contributed by atoms with E-state index in [0.717, 1.165) is 22.1 Å². The molecule has 0 atom stereocenters. The summed E-state index contributed by atoms with van der Waals surface area (Å²) in [5, 5.41) is 10.2. The Bertz CT molecular complexity index is 287. The summed E-state index contributed by atoms with van der Waals surface area (Å²) in [7, 11) is 0. The molecule has 0 bridgehead atoms. The maximum atomic E-state index is 9.20. The first-order chi connectivity index (χ1) is 5.29. The first-order valence-electron chi connectivity index (χ1n) is 3.46. The van der Waals surface area contributed by atoms with Crippen molar-refractivity contribution < 1.29 is 5.21 Å². The molecule has 2 N–H and O–H groups in total. The summed E-state index contributed by atoms with van der Waals surface area (Å²) in [5.41, 5.74) is 5.61. The number of nitrogens with zero attached hydrogens (tertiary/aromatic N) is 2.